The second-order valence-electron chi connectivity index (χ2n) is 5.38. The number of carbonyl (C=O) groups excluding carboxylic acids is 1. The summed E-state index contributed by atoms with van der Waals surface area (Å²) in [7, 11) is 1.40. The van der Waals surface area contributed by atoms with Crippen LogP contribution in [-0.4, -0.2) is 13.1 Å². The molecule has 2 aromatic carbocycles. The van der Waals surface area contributed by atoms with Crippen LogP contribution in [0.15, 0.2) is 40.9 Å². The molecule has 0 saturated heterocycles. The van der Waals surface area contributed by atoms with E-state index in [0.717, 1.165) is 27.8 Å². The number of hydrogen-bond acceptors (Lipinski definition) is 3. The second kappa shape index (κ2) is 8.16. The predicted octanol–water partition coefficient (Wildman–Crippen LogP) is 4.61. The van der Waals surface area contributed by atoms with E-state index in [0.29, 0.717) is 6.61 Å². The monoisotopic (exact) mass is 376 g/mol. The van der Waals surface area contributed by atoms with Crippen LogP contribution in [0, 0.1) is 6.92 Å². The molecule has 0 aliphatic rings. The Labute approximate surface area is 145 Å². The van der Waals surface area contributed by atoms with Gasteiger partial charge in [-0.2, -0.15) is 0 Å². The molecule has 2 rings (SSSR count). The third-order valence-corrected chi connectivity index (χ3v) is 4.49. The standard InChI is InChI=1S/C19H21BrO3/c1-4-14-10-13(2)8-9-18(14)23-12-16-15(11-19(21)22-3)6-5-7-17(16)20/h5-10H,4,11-12H2,1-3H3. The van der Waals surface area contributed by atoms with Gasteiger partial charge >= 0.3 is 5.97 Å². The Hall–Kier alpha value is -1.81. The highest BCUT2D eigenvalue weighted by Crippen LogP contribution is 2.26. The maximum atomic E-state index is 11.6. The first kappa shape index (κ1) is 17.5. The molecular weight excluding hydrogens is 356 g/mol. The summed E-state index contributed by atoms with van der Waals surface area (Å²) in [6.07, 6.45) is 1.16. The molecule has 0 aromatic heterocycles. The molecule has 122 valence electrons. The van der Waals surface area contributed by atoms with Gasteiger partial charge in [-0.25, -0.2) is 0 Å². The van der Waals surface area contributed by atoms with Crippen LogP contribution in [0.2, 0.25) is 0 Å². The lowest BCUT2D eigenvalue weighted by Gasteiger charge is -2.15. The summed E-state index contributed by atoms with van der Waals surface area (Å²) in [6, 6.07) is 12.0. The molecule has 3 nitrogen and oxygen atoms in total. The van der Waals surface area contributed by atoms with Gasteiger partial charge < -0.3 is 9.47 Å². The van der Waals surface area contributed by atoms with Gasteiger partial charge in [0.25, 0.3) is 0 Å². The molecule has 0 unspecified atom stereocenters. The fourth-order valence-corrected chi connectivity index (χ4v) is 2.96. The average molecular weight is 377 g/mol. The minimum atomic E-state index is -0.256. The smallest absolute Gasteiger partial charge is 0.309 e. The summed E-state index contributed by atoms with van der Waals surface area (Å²) < 4.78 is 11.7. The zero-order valence-electron chi connectivity index (χ0n) is 13.7. The fraction of sp³-hybridized carbons (Fsp3) is 0.316. The van der Waals surface area contributed by atoms with Crippen molar-refractivity contribution in [2.24, 2.45) is 0 Å². The SMILES string of the molecule is CCc1cc(C)ccc1OCc1c(Br)cccc1CC(=O)OC. The number of benzene rings is 2. The minimum absolute atomic E-state index is 0.239. The number of esters is 1. The van der Waals surface area contributed by atoms with Gasteiger partial charge in [-0.05, 0) is 36.6 Å². The summed E-state index contributed by atoms with van der Waals surface area (Å²) in [6.45, 7) is 4.59. The lowest BCUT2D eigenvalue weighted by Crippen LogP contribution is -2.09. The Balaban J connectivity index is 2.22. The molecule has 0 aliphatic carbocycles. The normalized spacial score (nSPS) is 10.4. The van der Waals surface area contributed by atoms with E-state index in [2.05, 4.69) is 35.8 Å². The number of rotatable bonds is 6. The van der Waals surface area contributed by atoms with Gasteiger partial charge in [-0.15, -0.1) is 0 Å². The van der Waals surface area contributed by atoms with E-state index in [4.69, 9.17) is 9.47 Å². The van der Waals surface area contributed by atoms with Gasteiger partial charge in [0.05, 0.1) is 13.5 Å². The van der Waals surface area contributed by atoms with Crippen molar-refractivity contribution < 1.29 is 14.3 Å². The van der Waals surface area contributed by atoms with E-state index in [1.165, 1.54) is 18.2 Å². The van der Waals surface area contributed by atoms with Gasteiger partial charge in [0, 0.05) is 10.0 Å². The van der Waals surface area contributed by atoms with Crippen LogP contribution >= 0.6 is 15.9 Å². The Morgan fingerprint density at radius 2 is 1.96 bits per heavy atom. The maximum Gasteiger partial charge on any atom is 0.309 e. The Kier molecular flexibility index (Phi) is 6.22. The molecule has 0 spiro atoms. The molecule has 0 heterocycles. The second-order valence-corrected chi connectivity index (χ2v) is 6.24. The van der Waals surface area contributed by atoms with Gasteiger partial charge in [-0.1, -0.05) is 52.7 Å². The lowest BCUT2D eigenvalue weighted by molar-refractivity contribution is -0.139. The van der Waals surface area contributed by atoms with Crippen LogP contribution in [0.25, 0.3) is 0 Å². The van der Waals surface area contributed by atoms with Gasteiger partial charge in [0.15, 0.2) is 0 Å². The van der Waals surface area contributed by atoms with Crippen molar-refractivity contribution in [1.82, 2.24) is 0 Å². The van der Waals surface area contributed by atoms with E-state index >= 15 is 0 Å². The van der Waals surface area contributed by atoms with Crippen LogP contribution in [0.3, 0.4) is 0 Å². The minimum Gasteiger partial charge on any atom is -0.489 e. The molecule has 2 aromatic rings. The molecule has 0 aliphatic heterocycles. The van der Waals surface area contributed by atoms with Crippen LogP contribution in [0.4, 0.5) is 0 Å². The summed E-state index contributed by atoms with van der Waals surface area (Å²) in [4.78, 5) is 11.6. The number of halogens is 1. The molecule has 0 fully saturated rings. The fourth-order valence-electron chi connectivity index (χ4n) is 2.43. The average Bonchev–Trinajstić information content (AvgIpc) is 2.55. The van der Waals surface area contributed by atoms with Crippen molar-refractivity contribution >= 4 is 21.9 Å². The molecule has 0 bridgehead atoms. The summed E-state index contributed by atoms with van der Waals surface area (Å²) in [5.41, 5.74) is 4.30. The molecular formula is C19H21BrO3. The Morgan fingerprint density at radius 3 is 2.65 bits per heavy atom. The highest BCUT2D eigenvalue weighted by molar-refractivity contribution is 9.10. The zero-order chi connectivity index (χ0) is 16.8. The molecule has 0 amide bonds. The first-order valence-electron chi connectivity index (χ1n) is 7.60. The first-order chi connectivity index (χ1) is 11.0. The first-order valence-corrected chi connectivity index (χ1v) is 8.39. The highest BCUT2D eigenvalue weighted by Gasteiger charge is 2.12. The van der Waals surface area contributed by atoms with Gasteiger partial charge in [0.1, 0.15) is 12.4 Å². The van der Waals surface area contributed by atoms with Crippen LogP contribution < -0.4 is 4.74 Å². The largest absolute Gasteiger partial charge is 0.489 e. The van der Waals surface area contributed by atoms with Crippen molar-refractivity contribution in [3.63, 3.8) is 0 Å². The van der Waals surface area contributed by atoms with Crippen LogP contribution in [0.1, 0.15) is 29.2 Å². The summed E-state index contributed by atoms with van der Waals surface area (Å²) in [5.74, 6) is 0.631. The van der Waals surface area contributed by atoms with Crippen LogP contribution in [0.5, 0.6) is 5.75 Å². The molecule has 0 atom stereocenters. The Bertz CT molecular complexity index is 695. The summed E-state index contributed by atoms with van der Waals surface area (Å²) >= 11 is 3.55. The van der Waals surface area contributed by atoms with Crippen molar-refractivity contribution in [2.75, 3.05) is 7.11 Å². The van der Waals surface area contributed by atoms with E-state index < -0.39 is 0 Å². The van der Waals surface area contributed by atoms with Crippen molar-refractivity contribution in [2.45, 2.75) is 33.3 Å². The number of hydrogen-bond donors (Lipinski definition) is 0. The van der Waals surface area contributed by atoms with Crippen LogP contribution in [-0.2, 0) is 29.0 Å². The quantitative estimate of drug-likeness (QED) is 0.690. The third kappa shape index (κ3) is 4.58. The highest BCUT2D eigenvalue weighted by atomic mass is 79.9. The van der Waals surface area contributed by atoms with E-state index in [9.17, 15) is 4.79 Å². The number of carbonyl (C=O) groups is 1. The van der Waals surface area contributed by atoms with Gasteiger partial charge in [0.2, 0.25) is 0 Å². The van der Waals surface area contributed by atoms with Gasteiger partial charge in [-0.3, -0.25) is 4.79 Å². The Morgan fingerprint density at radius 1 is 1.17 bits per heavy atom. The maximum absolute atomic E-state index is 11.6. The van der Waals surface area contributed by atoms with E-state index in [1.54, 1.807) is 0 Å². The topological polar surface area (TPSA) is 35.5 Å². The number of aryl methyl sites for hydroxylation is 2. The predicted molar refractivity (Wildman–Crippen MR) is 94.8 cm³/mol. The van der Waals surface area contributed by atoms with Crippen molar-refractivity contribution in [3.05, 3.63) is 63.1 Å². The van der Waals surface area contributed by atoms with E-state index in [-0.39, 0.29) is 12.4 Å². The van der Waals surface area contributed by atoms with Crippen molar-refractivity contribution in [1.29, 1.82) is 0 Å². The zero-order valence-corrected chi connectivity index (χ0v) is 15.3. The number of methoxy groups -OCH3 is 1. The molecule has 4 heteroatoms. The third-order valence-electron chi connectivity index (χ3n) is 3.75. The number of ether oxygens (including phenoxy) is 2. The van der Waals surface area contributed by atoms with Crippen molar-refractivity contribution in [3.8, 4) is 5.75 Å². The summed E-state index contributed by atoms with van der Waals surface area (Å²) in [5, 5.41) is 0. The molecule has 0 radical (unpaired) electrons. The molecule has 0 N–H and O–H groups in total. The molecule has 0 saturated carbocycles. The van der Waals surface area contributed by atoms with E-state index in [1.807, 2.05) is 30.3 Å². The molecule has 23 heavy (non-hydrogen) atoms. The lowest BCUT2D eigenvalue weighted by atomic mass is 10.0.